The average Bonchev–Trinajstić information content (AvgIpc) is 2.61. The van der Waals surface area contributed by atoms with Crippen molar-refractivity contribution in [3.05, 3.63) is 0 Å². The summed E-state index contributed by atoms with van der Waals surface area (Å²) in [5, 5.41) is 3.23. The first-order valence-electron chi connectivity index (χ1n) is 5.98. The van der Waals surface area contributed by atoms with Gasteiger partial charge in [-0.15, -0.1) is 0 Å². The molecule has 1 heterocycles. The second-order valence-corrected chi connectivity index (χ2v) is 7.48. The second-order valence-electron chi connectivity index (χ2n) is 5.43. The SMILES string of the molecule is CCS(=O)(=O)N[C@@H]1CNC(C#CC(C)(C)C)C1. The standard InChI is InChI=1S/C12H22N2O2S/c1-5-17(15,16)14-11-8-10(13-9-11)6-7-12(2,3)4/h10-11,13-14H,5,8-9H2,1-4H3/t10?,11-/m0/s1. The van der Waals surface area contributed by atoms with Crippen molar-refractivity contribution < 1.29 is 8.42 Å². The van der Waals surface area contributed by atoms with Gasteiger partial charge in [0.15, 0.2) is 0 Å². The van der Waals surface area contributed by atoms with E-state index in [-0.39, 0.29) is 23.3 Å². The van der Waals surface area contributed by atoms with Crippen LogP contribution in [0.3, 0.4) is 0 Å². The summed E-state index contributed by atoms with van der Waals surface area (Å²) in [5.74, 6) is 6.46. The quantitative estimate of drug-likeness (QED) is 0.733. The molecule has 2 N–H and O–H groups in total. The normalized spacial score (nSPS) is 25.4. The minimum Gasteiger partial charge on any atom is -0.302 e. The highest BCUT2D eigenvalue weighted by atomic mass is 32.2. The first-order valence-corrected chi connectivity index (χ1v) is 7.63. The molecule has 1 aliphatic rings. The van der Waals surface area contributed by atoms with Crippen molar-refractivity contribution >= 4 is 10.0 Å². The molecule has 0 saturated carbocycles. The van der Waals surface area contributed by atoms with Gasteiger partial charge in [-0.3, -0.25) is 0 Å². The maximum Gasteiger partial charge on any atom is 0.211 e. The molecule has 0 aliphatic carbocycles. The van der Waals surface area contributed by atoms with E-state index in [4.69, 9.17) is 0 Å². The minimum absolute atomic E-state index is 0.0112. The average molecular weight is 258 g/mol. The van der Waals surface area contributed by atoms with Crippen LogP contribution in [-0.4, -0.2) is 32.8 Å². The van der Waals surface area contributed by atoms with Crippen molar-refractivity contribution in [2.45, 2.75) is 46.2 Å². The lowest BCUT2D eigenvalue weighted by atomic mass is 9.97. The van der Waals surface area contributed by atoms with Crippen LogP contribution in [-0.2, 0) is 10.0 Å². The van der Waals surface area contributed by atoms with Crippen LogP contribution in [0, 0.1) is 17.3 Å². The highest BCUT2D eigenvalue weighted by molar-refractivity contribution is 7.89. The van der Waals surface area contributed by atoms with Crippen LogP contribution in [0.2, 0.25) is 0 Å². The van der Waals surface area contributed by atoms with Crippen LogP contribution in [0.15, 0.2) is 0 Å². The molecule has 0 aromatic heterocycles. The van der Waals surface area contributed by atoms with E-state index >= 15 is 0 Å². The van der Waals surface area contributed by atoms with Crippen LogP contribution in [0.5, 0.6) is 0 Å². The van der Waals surface area contributed by atoms with Gasteiger partial charge in [0.25, 0.3) is 0 Å². The summed E-state index contributed by atoms with van der Waals surface area (Å²) in [5.41, 5.74) is -0.0112. The lowest BCUT2D eigenvalue weighted by Crippen LogP contribution is -2.37. The summed E-state index contributed by atoms with van der Waals surface area (Å²) in [6.45, 7) is 8.48. The lowest BCUT2D eigenvalue weighted by molar-refractivity contribution is 0.559. The second kappa shape index (κ2) is 5.38. The summed E-state index contributed by atoms with van der Waals surface area (Å²) >= 11 is 0. The van der Waals surface area contributed by atoms with Gasteiger partial charge in [-0.2, -0.15) is 0 Å². The Morgan fingerprint density at radius 3 is 2.59 bits per heavy atom. The molecule has 1 fully saturated rings. The Balaban J connectivity index is 2.51. The molecular weight excluding hydrogens is 236 g/mol. The summed E-state index contributed by atoms with van der Waals surface area (Å²) in [6.07, 6.45) is 0.738. The van der Waals surface area contributed by atoms with E-state index in [0.29, 0.717) is 6.54 Å². The zero-order valence-electron chi connectivity index (χ0n) is 11.0. The van der Waals surface area contributed by atoms with Crippen molar-refractivity contribution in [3.8, 4) is 11.8 Å². The monoisotopic (exact) mass is 258 g/mol. The molecule has 0 bridgehead atoms. The minimum atomic E-state index is -3.11. The van der Waals surface area contributed by atoms with Crippen molar-refractivity contribution in [2.24, 2.45) is 5.41 Å². The highest BCUT2D eigenvalue weighted by Gasteiger charge is 2.25. The first-order chi connectivity index (χ1) is 7.72. The Hall–Kier alpha value is -0.570. The fourth-order valence-electron chi connectivity index (χ4n) is 1.58. The van der Waals surface area contributed by atoms with Gasteiger partial charge in [0, 0.05) is 18.0 Å². The summed E-state index contributed by atoms with van der Waals surface area (Å²) in [4.78, 5) is 0. The first kappa shape index (κ1) is 14.5. The molecule has 98 valence electrons. The molecule has 5 heteroatoms. The molecule has 4 nitrogen and oxygen atoms in total. The van der Waals surface area contributed by atoms with E-state index in [1.54, 1.807) is 6.92 Å². The van der Waals surface area contributed by atoms with Crippen molar-refractivity contribution in [3.63, 3.8) is 0 Å². The molecule has 1 rings (SSSR count). The summed E-state index contributed by atoms with van der Waals surface area (Å²) in [6, 6.07) is 0.0676. The van der Waals surface area contributed by atoms with Gasteiger partial charge >= 0.3 is 0 Å². The van der Waals surface area contributed by atoms with E-state index < -0.39 is 10.0 Å². The number of nitrogens with one attached hydrogen (secondary N) is 2. The molecule has 0 amide bonds. The van der Waals surface area contributed by atoms with E-state index in [0.717, 1.165) is 6.42 Å². The Kier molecular flexibility index (Phi) is 4.59. The van der Waals surface area contributed by atoms with Gasteiger partial charge in [-0.25, -0.2) is 13.1 Å². The van der Waals surface area contributed by atoms with Gasteiger partial charge in [-0.1, -0.05) is 11.8 Å². The third kappa shape index (κ3) is 5.53. The van der Waals surface area contributed by atoms with Gasteiger partial charge in [0.1, 0.15) is 0 Å². The van der Waals surface area contributed by atoms with Gasteiger partial charge < -0.3 is 5.32 Å². The molecule has 0 aromatic carbocycles. The van der Waals surface area contributed by atoms with Crippen LogP contribution in [0.1, 0.15) is 34.1 Å². The van der Waals surface area contributed by atoms with Crippen molar-refractivity contribution in [2.75, 3.05) is 12.3 Å². The Labute approximate surface area is 105 Å². The molecular formula is C12H22N2O2S. The molecule has 17 heavy (non-hydrogen) atoms. The Morgan fingerprint density at radius 1 is 1.41 bits per heavy atom. The number of hydrogen-bond donors (Lipinski definition) is 2. The Morgan fingerprint density at radius 2 is 2.06 bits per heavy atom. The number of hydrogen-bond acceptors (Lipinski definition) is 3. The molecule has 0 spiro atoms. The van der Waals surface area contributed by atoms with Crippen LogP contribution >= 0.6 is 0 Å². The molecule has 2 atom stereocenters. The zero-order valence-corrected chi connectivity index (χ0v) is 11.8. The van der Waals surface area contributed by atoms with E-state index in [2.05, 4.69) is 42.7 Å². The van der Waals surface area contributed by atoms with Crippen molar-refractivity contribution in [1.82, 2.24) is 10.0 Å². The predicted octanol–water partition coefficient (Wildman–Crippen LogP) is 0.706. The van der Waals surface area contributed by atoms with E-state index in [1.807, 2.05) is 0 Å². The van der Waals surface area contributed by atoms with E-state index in [1.165, 1.54) is 0 Å². The largest absolute Gasteiger partial charge is 0.302 e. The van der Waals surface area contributed by atoms with Gasteiger partial charge in [-0.05, 0) is 34.1 Å². The highest BCUT2D eigenvalue weighted by Crippen LogP contribution is 2.12. The van der Waals surface area contributed by atoms with Crippen LogP contribution in [0.25, 0.3) is 0 Å². The molecule has 1 unspecified atom stereocenters. The molecule has 0 aromatic rings. The molecule has 1 aliphatic heterocycles. The molecule has 1 saturated heterocycles. The smallest absolute Gasteiger partial charge is 0.211 e. The lowest BCUT2D eigenvalue weighted by Gasteiger charge is -2.10. The van der Waals surface area contributed by atoms with Crippen molar-refractivity contribution in [1.29, 1.82) is 0 Å². The predicted molar refractivity (Wildman–Crippen MR) is 70.0 cm³/mol. The van der Waals surface area contributed by atoms with Gasteiger partial charge in [0.05, 0.1) is 11.8 Å². The fraction of sp³-hybridized carbons (Fsp3) is 0.833. The summed E-state index contributed by atoms with van der Waals surface area (Å²) < 4.78 is 25.5. The molecule has 0 radical (unpaired) electrons. The van der Waals surface area contributed by atoms with Crippen LogP contribution in [0.4, 0.5) is 0 Å². The third-order valence-electron chi connectivity index (χ3n) is 2.48. The van der Waals surface area contributed by atoms with Crippen LogP contribution < -0.4 is 10.0 Å². The maximum atomic E-state index is 11.4. The third-order valence-corrected chi connectivity index (χ3v) is 3.93. The zero-order chi connectivity index (χ0) is 13.1. The van der Waals surface area contributed by atoms with E-state index in [9.17, 15) is 8.42 Å². The van der Waals surface area contributed by atoms with Gasteiger partial charge in [0.2, 0.25) is 10.0 Å². The summed E-state index contributed by atoms with van der Waals surface area (Å²) in [7, 11) is -3.11. The number of sulfonamides is 1. The topological polar surface area (TPSA) is 58.2 Å². The number of rotatable bonds is 3. The Bertz CT molecular complexity index is 412. The maximum absolute atomic E-state index is 11.4. The fourth-order valence-corrected chi connectivity index (χ4v) is 2.43.